The molecule has 30 heavy (non-hydrogen) atoms. The highest BCUT2D eigenvalue weighted by molar-refractivity contribution is 6.33. The topological polar surface area (TPSA) is 36.4 Å². The summed E-state index contributed by atoms with van der Waals surface area (Å²) in [6.45, 7) is 2.44. The number of rotatable bonds is 3. The molecular formula is C22H21ClF3N3O. The second-order valence-electron chi connectivity index (χ2n) is 7.62. The summed E-state index contributed by atoms with van der Waals surface area (Å²) >= 11 is 6.09. The molecule has 0 bridgehead atoms. The van der Waals surface area contributed by atoms with Crippen LogP contribution in [0.15, 0.2) is 54.4 Å². The van der Waals surface area contributed by atoms with Crippen LogP contribution in [0.5, 0.6) is 0 Å². The maximum Gasteiger partial charge on any atom is 0.417 e. The predicted octanol–water partition coefficient (Wildman–Crippen LogP) is 4.91. The predicted molar refractivity (Wildman–Crippen MR) is 110 cm³/mol. The van der Waals surface area contributed by atoms with Crippen molar-refractivity contribution in [3.63, 3.8) is 0 Å². The van der Waals surface area contributed by atoms with E-state index in [1.807, 2.05) is 23.1 Å². The van der Waals surface area contributed by atoms with Crippen LogP contribution >= 0.6 is 11.6 Å². The van der Waals surface area contributed by atoms with Gasteiger partial charge in [-0.25, -0.2) is 4.98 Å². The first kappa shape index (κ1) is 20.7. The van der Waals surface area contributed by atoms with Gasteiger partial charge in [0.05, 0.1) is 10.6 Å². The highest BCUT2D eigenvalue weighted by atomic mass is 35.5. The molecule has 0 amide bonds. The molecule has 8 heteroatoms. The molecule has 1 aliphatic heterocycles. The number of anilines is 1. The lowest BCUT2D eigenvalue weighted by molar-refractivity contribution is -0.137. The SMILES string of the molecule is O=C1C=C(N2CCN(c3ncc(C(F)(F)F)cc3Cl)CC2)C[C@H](c2ccccc2)C1. The summed E-state index contributed by atoms with van der Waals surface area (Å²) in [5.74, 6) is 0.655. The number of carbonyl (C=O) groups excluding carboxylic acids is 1. The third-order valence-corrected chi connectivity index (χ3v) is 5.91. The van der Waals surface area contributed by atoms with E-state index in [9.17, 15) is 18.0 Å². The summed E-state index contributed by atoms with van der Waals surface area (Å²) in [4.78, 5) is 20.3. The van der Waals surface area contributed by atoms with Gasteiger partial charge in [-0.2, -0.15) is 13.2 Å². The standard InChI is InChI=1S/C22H21ClF3N3O/c23-20-12-17(22(24,25)26)14-27-21(20)29-8-6-28(7-9-29)18-10-16(11-19(30)13-18)15-4-2-1-3-5-15/h1-5,12-14,16H,6-11H2/t16-/m0/s1. The monoisotopic (exact) mass is 435 g/mol. The maximum absolute atomic E-state index is 12.8. The maximum atomic E-state index is 12.8. The number of piperazine rings is 1. The summed E-state index contributed by atoms with van der Waals surface area (Å²) in [5.41, 5.74) is 1.33. The minimum Gasteiger partial charge on any atom is -0.371 e. The fraction of sp³-hybridized carbons (Fsp3) is 0.364. The van der Waals surface area contributed by atoms with Crippen LogP contribution in [0.1, 0.15) is 29.9 Å². The van der Waals surface area contributed by atoms with Gasteiger partial charge in [-0.3, -0.25) is 4.79 Å². The van der Waals surface area contributed by atoms with E-state index in [-0.39, 0.29) is 16.7 Å². The molecule has 2 heterocycles. The van der Waals surface area contributed by atoms with Crippen LogP contribution in [0.3, 0.4) is 0 Å². The molecule has 1 atom stereocenters. The molecule has 1 saturated heterocycles. The molecule has 2 aromatic rings. The van der Waals surface area contributed by atoms with Gasteiger partial charge in [-0.05, 0) is 24.0 Å². The number of ketones is 1. The Morgan fingerprint density at radius 3 is 2.30 bits per heavy atom. The van der Waals surface area contributed by atoms with Gasteiger partial charge in [0, 0.05) is 50.6 Å². The Hall–Kier alpha value is -2.54. The second-order valence-corrected chi connectivity index (χ2v) is 8.03. The quantitative estimate of drug-likeness (QED) is 0.686. The van der Waals surface area contributed by atoms with Gasteiger partial charge in [0.15, 0.2) is 5.78 Å². The minimum atomic E-state index is -4.47. The number of hydrogen-bond donors (Lipinski definition) is 0. The first-order valence-corrected chi connectivity index (χ1v) is 10.2. The molecule has 0 N–H and O–H groups in total. The van der Waals surface area contributed by atoms with Crippen molar-refractivity contribution in [3.8, 4) is 0 Å². The van der Waals surface area contributed by atoms with Crippen molar-refractivity contribution in [2.45, 2.75) is 24.9 Å². The molecule has 158 valence electrons. The van der Waals surface area contributed by atoms with E-state index >= 15 is 0 Å². The lowest BCUT2D eigenvalue weighted by Crippen LogP contribution is -2.47. The molecule has 2 aliphatic rings. The number of carbonyl (C=O) groups is 1. The summed E-state index contributed by atoms with van der Waals surface area (Å²) in [6, 6.07) is 11.0. The molecule has 0 saturated carbocycles. The van der Waals surface area contributed by atoms with Crippen LogP contribution in [-0.4, -0.2) is 41.8 Å². The zero-order chi connectivity index (χ0) is 21.3. The first-order valence-electron chi connectivity index (χ1n) is 9.82. The zero-order valence-electron chi connectivity index (χ0n) is 16.2. The average Bonchev–Trinajstić information content (AvgIpc) is 2.73. The van der Waals surface area contributed by atoms with Gasteiger partial charge in [0.1, 0.15) is 5.82 Å². The lowest BCUT2D eigenvalue weighted by Gasteiger charge is -2.40. The zero-order valence-corrected chi connectivity index (χ0v) is 17.0. The van der Waals surface area contributed by atoms with Crippen LogP contribution in [0, 0.1) is 0 Å². The number of pyridine rings is 1. The summed E-state index contributed by atoms with van der Waals surface area (Å²) in [6.07, 6.45) is -0.602. The molecule has 4 nitrogen and oxygen atoms in total. The van der Waals surface area contributed by atoms with Crippen molar-refractivity contribution >= 4 is 23.2 Å². The number of allylic oxidation sites excluding steroid dienone is 2. The van der Waals surface area contributed by atoms with Gasteiger partial charge < -0.3 is 9.80 Å². The van der Waals surface area contributed by atoms with Gasteiger partial charge in [0.2, 0.25) is 0 Å². The van der Waals surface area contributed by atoms with Crippen LogP contribution in [-0.2, 0) is 11.0 Å². The Morgan fingerprint density at radius 2 is 1.67 bits per heavy atom. The van der Waals surface area contributed by atoms with E-state index in [2.05, 4.69) is 22.0 Å². The Morgan fingerprint density at radius 1 is 1.00 bits per heavy atom. The third-order valence-electron chi connectivity index (χ3n) is 5.64. The van der Waals surface area contributed by atoms with E-state index in [0.717, 1.165) is 29.9 Å². The van der Waals surface area contributed by atoms with E-state index in [1.165, 1.54) is 0 Å². The number of benzene rings is 1. The van der Waals surface area contributed by atoms with Gasteiger partial charge in [-0.1, -0.05) is 41.9 Å². The smallest absolute Gasteiger partial charge is 0.371 e. The number of halogens is 4. The Bertz CT molecular complexity index is 954. The van der Waals surface area contributed by atoms with Crippen molar-refractivity contribution in [1.29, 1.82) is 0 Å². The first-order chi connectivity index (χ1) is 14.3. The van der Waals surface area contributed by atoms with Crippen molar-refractivity contribution < 1.29 is 18.0 Å². The Balaban J connectivity index is 1.43. The number of nitrogens with zero attached hydrogens (tertiary/aromatic N) is 3. The summed E-state index contributed by atoms with van der Waals surface area (Å²) in [7, 11) is 0. The minimum absolute atomic E-state index is 0.00511. The molecule has 1 fully saturated rings. The molecule has 1 aromatic heterocycles. The van der Waals surface area contributed by atoms with Crippen LogP contribution in [0.25, 0.3) is 0 Å². The van der Waals surface area contributed by atoms with Crippen LogP contribution in [0.2, 0.25) is 5.02 Å². The van der Waals surface area contributed by atoms with E-state index in [1.54, 1.807) is 6.08 Å². The van der Waals surface area contributed by atoms with Crippen molar-refractivity contribution in [1.82, 2.24) is 9.88 Å². The molecule has 1 aromatic carbocycles. The van der Waals surface area contributed by atoms with E-state index in [0.29, 0.717) is 38.4 Å². The fourth-order valence-electron chi connectivity index (χ4n) is 4.08. The number of hydrogen-bond acceptors (Lipinski definition) is 4. The van der Waals surface area contributed by atoms with Crippen LogP contribution < -0.4 is 4.90 Å². The van der Waals surface area contributed by atoms with Gasteiger partial charge in [0.25, 0.3) is 0 Å². The molecule has 1 aliphatic carbocycles. The third kappa shape index (κ3) is 4.46. The van der Waals surface area contributed by atoms with Gasteiger partial charge >= 0.3 is 6.18 Å². The Labute approximate surface area is 178 Å². The van der Waals surface area contributed by atoms with Gasteiger partial charge in [-0.15, -0.1) is 0 Å². The molecule has 0 spiro atoms. The number of alkyl halides is 3. The second kappa shape index (κ2) is 8.30. The summed E-state index contributed by atoms with van der Waals surface area (Å²) in [5, 5.41) is -0.00511. The molecule has 4 rings (SSSR count). The van der Waals surface area contributed by atoms with Crippen molar-refractivity contribution in [2.24, 2.45) is 0 Å². The van der Waals surface area contributed by atoms with Crippen molar-refractivity contribution in [2.75, 3.05) is 31.1 Å². The largest absolute Gasteiger partial charge is 0.417 e. The lowest BCUT2D eigenvalue weighted by atomic mass is 9.85. The highest BCUT2D eigenvalue weighted by Crippen LogP contribution is 2.35. The molecular weight excluding hydrogens is 415 g/mol. The summed E-state index contributed by atoms with van der Waals surface area (Å²) < 4.78 is 38.5. The van der Waals surface area contributed by atoms with E-state index in [4.69, 9.17) is 11.6 Å². The fourth-order valence-corrected chi connectivity index (χ4v) is 4.36. The van der Waals surface area contributed by atoms with Crippen molar-refractivity contribution in [3.05, 3.63) is 70.5 Å². The van der Waals surface area contributed by atoms with Crippen LogP contribution in [0.4, 0.5) is 19.0 Å². The highest BCUT2D eigenvalue weighted by Gasteiger charge is 2.33. The van der Waals surface area contributed by atoms with E-state index < -0.39 is 11.7 Å². The number of aromatic nitrogens is 1. The normalized spacial score (nSPS) is 20.3. The molecule has 0 radical (unpaired) electrons. The molecule has 0 unspecified atom stereocenters. The average molecular weight is 436 g/mol. The Kier molecular flexibility index (Phi) is 5.73.